The van der Waals surface area contributed by atoms with Crippen LogP contribution in [0.15, 0.2) is 29.6 Å². The molecule has 5 rings (SSSR count). The summed E-state index contributed by atoms with van der Waals surface area (Å²) in [7, 11) is 0. The number of aryl methyl sites for hydroxylation is 1. The molecule has 0 radical (unpaired) electrons. The molecule has 1 aliphatic carbocycles. The number of aromatic nitrogens is 3. The Kier molecular flexibility index (Phi) is 5.71. The Hall–Kier alpha value is -2.39. The van der Waals surface area contributed by atoms with E-state index in [0.717, 1.165) is 42.0 Å². The second-order valence-electron chi connectivity index (χ2n) is 8.27. The van der Waals surface area contributed by atoms with E-state index in [1.165, 1.54) is 28.6 Å². The zero-order valence-electron chi connectivity index (χ0n) is 17.6. The first-order chi connectivity index (χ1) is 15.1. The number of amides is 1. The van der Waals surface area contributed by atoms with Gasteiger partial charge in [-0.3, -0.25) is 4.79 Å². The number of anilines is 2. The molecule has 2 aliphatic rings. The van der Waals surface area contributed by atoms with Crippen molar-refractivity contribution in [3.05, 3.63) is 34.8 Å². The average Bonchev–Trinajstić information content (AvgIpc) is 3.16. The van der Waals surface area contributed by atoms with Crippen LogP contribution in [0.4, 0.5) is 11.6 Å². The molecule has 1 fully saturated rings. The predicted octanol–water partition coefficient (Wildman–Crippen LogP) is 3.23. The van der Waals surface area contributed by atoms with Crippen LogP contribution in [-0.4, -0.2) is 57.7 Å². The Balaban J connectivity index is 1.21. The molecule has 2 N–H and O–H groups in total. The lowest BCUT2D eigenvalue weighted by Crippen LogP contribution is -2.49. The van der Waals surface area contributed by atoms with Crippen molar-refractivity contribution in [1.82, 2.24) is 19.9 Å². The third-order valence-corrected chi connectivity index (χ3v) is 8.07. The maximum Gasteiger partial charge on any atom is 0.233 e. The lowest BCUT2D eigenvalue weighted by molar-refractivity contribution is -0.128. The first-order valence-corrected chi connectivity index (χ1v) is 12.5. The number of nitrogen functional groups attached to an aromatic ring is 1. The van der Waals surface area contributed by atoms with Gasteiger partial charge in [0.2, 0.25) is 5.91 Å². The topological polar surface area (TPSA) is 88.2 Å². The van der Waals surface area contributed by atoms with Crippen LogP contribution in [0.5, 0.6) is 0 Å². The zero-order valence-corrected chi connectivity index (χ0v) is 19.2. The Morgan fingerprint density at radius 3 is 2.87 bits per heavy atom. The van der Waals surface area contributed by atoms with Crippen LogP contribution < -0.4 is 10.6 Å². The summed E-state index contributed by atoms with van der Waals surface area (Å²) in [5.41, 5.74) is 7.66. The van der Waals surface area contributed by atoms with Crippen molar-refractivity contribution >= 4 is 50.9 Å². The number of rotatable bonds is 4. The normalized spacial score (nSPS) is 18.9. The third-order valence-electron chi connectivity index (χ3n) is 6.09. The summed E-state index contributed by atoms with van der Waals surface area (Å²) < 4.78 is 0. The SMILES string of the molecule is CC1CCc2c(sc3nc(SCC(=O)N4CCN(c5ccccn5)CC4)nc(N)c23)C1. The summed E-state index contributed by atoms with van der Waals surface area (Å²) in [5, 5.41) is 1.63. The lowest BCUT2D eigenvalue weighted by atomic mass is 9.89. The van der Waals surface area contributed by atoms with Crippen molar-refractivity contribution in [2.24, 2.45) is 5.92 Å². The molecule has 31 heavy (non-hydrogen) atoms. The maximum atomic E-state index is 12.7. The molecular formula is C22H26N6OS2. The summed E-state index contributed by atoms with van der Waals surface area (Å²) in [4.78, 5) is 32.9. The summed E-state index contributed by atoms with van der Waals surface area (Å²) in [6, 6.07) is 5.91. The maximum absolute atomic E-state index is 12.7. The number of thiophene rings is 1. The van der Waals surface area contributed by atoms with Crippen molar-refractivity contribution in [2.75, 3.05) is 42.6 Å². The van der Waals surface area contributed by atoms with Crippen molar-refractivity contribution < 1.29 is 4.79 Å². The summed E-state index contributed by atoms with van der Waals surface area (Å²) >= 11 is 3.12. The highest BCUT2D eigenvalue weighted by Crippen LogP contribution is 2.39. The Bertz CT molecular complexity index is 1090. The monoisotopic (exact) mass is 454 g/mol. The van der Waals surface area contributed by atoms with Gasteiger partial charge in [-0.05, 0) is 42.9 Å². The van der Waals surface area contributed by atoms with E-state index in [-0.39, 0.29) is 5.91 Å². The largest absolute Gasteiger partial charge is 0.383 e. The van der Waals surface area contributed by atoms with Gasteiger partial charge in [-0.25, -0.2) is 15.0 Å². The van der Waals surface area contributed by atoms with E-state index < -0.39 is 0 Å². The summed E-state index contributed by atoms with van der Waals surface area (Å²) in [6.07, 6.45) is 5.15. The van der Waals surface area contributed by atoms with Crippen molar-refractivity contribution in [2.45, 2.75) is 31.3 Å². The number of hydrogen-bond donors (Lipinski definition) is 1. The van der Waals surface area contributed by atoms with Gasteiger partial charge in [-0.1, -0.05) is 24.8 Å². The number of nitrogens with two attached hydrogens (primary N) is 1. The van der Waals surface area contributed by atoms with E-state index in [2.05, 4.69) is 21.8 Å². The van der Waals surface area contributed by atoms with Crippen LogP contribution in [0, 0.1) is 5.92 Å². The molecule has 3 aromatic heterocycles. The van der Waals surface area contributed by atoms with Crippen molar-refractivity contribution in [3.8, 4) is 0 Å². The Morgan fingerprint density at radius 1 is 1.26 bits per heavy atom. The van der Waals surface area contributed by atoms with E-state index in [4.69, 9.17) is 10.7 Å². The van der Waals surface area contributed by atoms with Gasteiger partial charge < -0.3 is 15.5 Å². The van der Waals surface area contributed by atoms with E-state index in [0.29, 0.717) is 35.7 Å². The van der Waals surface area contributed by atoms with Crippen LogP contribution in [0.25, 0.3) is 10.2 Å². The molecule has 162 valence electrons. The molecule has 0 aromatic carbocycles. The Morgan fingerprint density at radius 2 is 2.10 bits per heavy atom. The number of carbonyl (C=O) groups is 1. The second kappa shape index (κ2) is 8.63. The third kappa shape index (κ3) is 4.21. The summed E-state index contributed by atoms with van der Waals surface area (Å²) in [5.74, 6) is 2.67. The highest BCUT2D eigenvalue weighted by atomic mass is 32.2. The van der Waals surface area contributed by atoms with Gasteiger partial charge >= 0.3 is 0 Å². The van der Waals surface area contributed by atoms with Gasteiger partial charge in [0, 0.05) is 37.3 Å². The fourth-order valence-corrected chi connectivity index (χ4v) is 6.56. The van der Waals surface area contributed by atoms with Gasteiger partial charge in [0.15, 0.2) is 5.16 Å². The minimum absolute atomic E-state index is 0.118. The predicted molar refractivity (Wildman–Crippen MR) is 127 cm³/mol. The first-order valence-electron chi connectivity index (χ1n) is 10.7. The minimum Gasteiger partial charge on any atom is -0.383 e. The number of fused-ring (bicyclic) bond motifs is 3. The van der Waals surface area contributed by atoms with E-state index >= 15 is 0 Å². The fourth-order valence-electron chi connectivity index (χ4n) is 4.36. The lowest BCUT2D eigenvalue weighted by Gasteiger charge is -2.35. The van der Waals surface area contributed by atoms with Gasteiger partial charge in [-0.15, -0.1) is 11.3 Å². The minimum atomic E-state index is 0.118. The fraction of sp³-hybridized carbons (Fsp3) is 0.455. The summed E-state index contributed by atoms with van der Waals surface area (Å²) in [6.45, 7) is 5.29. The van der Waals surface area contributed by atoms with Crippen LogP contribution >= 0.6 is 23.1 Å². The van der Waals surface area contributed by atoms with Gasteiger partial charge in [0.05, 0.1) is 11.1 Å². The molecule has 0 saturated carbocycles. The molecule has 1 unspecified atom stereocenters. The number of hydrogen-bond acceptors (Lipinski definition) is 8. The molecule has 0 spiro atoms. The van der Waals surface area contributed by atoms with E-state index in [1.807, 2.05) is 23.1 Å². The molecular weight excluding hydrogens is 428 g/mol. The molecule has 0 bridgehead atoms. The standard InChI is InChI=1S/C22H26N6OS2/c1-14-5-6-15-16(12-14)31-21-19(15)20(23)25-22(26-21)30-13-18(29)28-10-8-27(9-11-28)17-4-2-3-7-24-17/h2-4,7,14H,5-6,8-13H2,1H3,(H2,23,25,26). The molecule has 1 aliphatic heterocycles. The smallest absolute Gasteiger partial charge is 0.233 e. The quantitative estimate of drug-likeness (QED) is 0.478. The van der Waals surface area contributed by atoms with Crippen LogP contribution in [0.1, 0.15) is 23.8 Å². The van der Waals surface area contributed by atoms with Crippen LogP contribution in [-0.2, 0) is 17.6 Å². The number of pyridine rings is 1. The van der Waals surface area contributed by atoms with E-state index in [1.54, 1.807) is 17.5 Å². The number of piperazine rings is 1. The van der Waals surface area contributed by atoms with E-state index in [9.17, 15) is 4.79 Å². The molecule has 1 saturated heterocycles. The second-order valence-corrected chi connectivity index (χ2v) is 10.3. The Labute approximate surface area is 190 Å². The number of thioether (sulfide) groups is 1. The molecule has 7 nitrogen and oxygen atoms in total. The van der Waals surface area contributed by atoms with Crippen LogP contribution in [0.3, 0.4) is 0 Å². The van der Waals surface area contributed by atoms with Crippen LogP contribution in [0.2, 0.25) is 0 Å². The highest BCUT2D eigenvalue weighted by Gasteiger charge is 2.25. The van der Waals surface area contributed by atoms with Gasteiger partial charge in [0.25, 0.3) is 0 Å². The molecule has 1 amide bonds. The molecule has 1 atom stereocenters. The molecule has 3 aromatic rings. The number of nitrogens with zero attached hydrogens (tertiary/aromatic N) is 5. The van der Waals surface area contributed by atoms with Gasteiger partial charge in [0.1, 0.15) is 16.5 Å². The average molecular weight is 455 g/mol. The molecule has 9 heteroatoms. The van der Waals surface area contributed by atoms with Crippen molar-refractivity contribution in [3.63, 3.8) is 0 Å². The van der Waals surface area contributed by atoms with Gasteiger partial charge in [-0.2, -0.15) is 0 Å². The number of carbonyl (C=O) groups excluding carboxylic acids is 1. The first kappa shape index (κ1) is 20.5. The van der Waals surface area contributed by atoms with Crippen molar-refractivity contribution in [1.29, 1.82) is 0 Å². The highest BCUT2D eigenvalue weighted by molar-refractivity contribution is 7.99. The zero-order chi connectivity index (χ0) is 21.4. The molecule has 4 heterocycles.